The summed E-state index contributed by atoms with van der Waals surface area (Å²) in [7, 11) is 0. The molecule has 3 heteroatoms. The fourth-order valence-corrected chi connectivity index (χ4v) is 2.41. The van der Waals surface area contributed by atoms with E-state index in [0.29, 0.717) is 12.8 Å². The van der Waals surface area contributed by atoms with Crippen LogP contribution in [0.25, 0.3) is 11.3 Å². The van der Waals surface area contributed by atoms with Crippen LogP contribution in [0.15, 0.2) is 42.5 Å². The fourth-order valence-electron chi connectivity index (χ4n) is 2.41. The molecule has 1 unspecified atom stereocenters. The van der Waals surface area contributed by atoms with E-state index >= 15 is 0 Å². The van der Waals surface area contributed by atoms with Crippen LogP contribution >= 0.6 is 0 Å². The van der Waals surface area contributed by atoms with Crippen molar-refractivity contribution in [2.45, 2.75) is 12.8 Å². The molecule has 0 aliphatic heterocycles. The van der Waals surface area contributed by atoms with Crippen molar-refractivity contribution in [1.29, 1.82) is 0 Å². The Labute approximate surface area is 105 Å². The highest BCUT2D eigenvalue weighted by atomic mass is 16.4. The van der Waals surface area contributed by atoms with Crippen LogP contribution in [-0.2, 0) is 17.6 Å². The number of hydrogen-bond acceptors (Lipinski definition) is 2. The minimum atomic E-state index is -0.728. The number of nitrogens with zero attached hydrogens (tertiary/aromatic N) is 1. The predicted octanol–water partition coefficient (Wildman–Crippen LogP) is 2.55. The van der Waals surface area contributed by atoms with Crippen molar-refractivity contribution in [1.82, 2.24) is 4.98 Å². The van der Waals surface area contributed by atoms with Crippen LogP contribution in [0.5, 0.6) is 0 Å². The molecule has 90 valence electrons. The van der Waals surface area contributed by atoms with E-state index in [0.717, 1.165) is 22.5 Å². The number of pyridine rings is 1. The van der Waals surface area contributed by atoms with Crippen molar-refractivity contribution in [3.8, 4) is 11.3 Å². The molecule has 0 spiro atoms. The summed E-state index contributed by atoms with van der Waals surface area (Å²) in [6, 6.07) is 13.9. The summed E-state index contributed by atoms with van der Waals surface area (Å²) in [6.45, 7) is 0. The Hall–Kier alpha value is -2.16. The van der Waals surface area contributed by atoms with Crippen molar-refractivity contribution in [3.63, 3.8) is 0 Å². The Morgan fingerprint density at radius 3 is 2.61 bits per heavy atom. The number of carboxylic acids is 1. The first-order chi connectivity index (χ1) is 8.74. The zero-order chi connectivity index (χ0) is 12.5. The van der Waals surface area contributed by atoms with Gasteiger partial charge >= 0.3 is 5.97 Å². The number of benzene rings is 1. The van der Waals surface area contributed by atoms with Crippen molar-refractivity contribution < 1.29 is 9.90 Å². The van der Waals surface area contributed by atoms with Crippen LogP contribution in [-0.4, -0.2) is 16.1 Å². The molecule has 1 heterocycles. The van der Waals surface area contributed by atoms with E-state index in [9.17, 15) is 4.79 Å². The first kappa shape index (κ1) is 11.0. The van der Waals surface area contributed by atoms with Gasteiger partial charge in [0.2, 0.25) is 0 Å². The molecule has 0 saturated heterocycles. The lowest BCUT2D eigenvalue weighted by molar-refractivity contribution is -0.141. The molecule has 1 aliphatic carbocycles. The molecule has 18 heavy (non-hydrogen) atoms. The van der Waals surface area contributed by atoms with Gasteiger partial charge in [-0.25, -0.2) is 0 Å². The molecule has 0 bridgehead atoms. The average molecular weight is 239 g/mol. The summed E-state index contributed by atoms with van der Waals surface area (Å²) < 4.78 is 0. The van der Waals surface area contributed by atoms with Crippen molar-refractivity contribution in [2.24, 2.45) is 5.92 Å². The zero-order valence-corrected chi connectivity index (χ0v) is 9.84. The van der Waals surface area contributed by atoms with E-state index < -0.39 is 5.97 Å². The SMILES string of the molecule is O=C(O)C1Cc2ccc(-c3ccccc3)nc2C1. The van der Waals surface area contributed by atoms with Gasteiger partial charge in [0.05, 0.1) is 11.6 Å². The predicted molar refractivity (Wildman–Crippen MR) is 68.2 cm³/mol. The summed E-state index contributed by atoms with van der Waals surface area (Å²) in [6.07, 6.45) is 1.15. The van der Waals surface area contributed by atoms with Gasteiger partial charge in [0.15, 0.2) is 0 Å². The number of hydrogen-bond donors (Lipinski definition) is 1. The first-order valence-corrected chi connectivity index (χ1v) is 6.01. The minimum Gasteiger partial charge on any atom is -0.481 e. The van der Waals surface area contributed by atoms with Crippen LogP contribution in [0, 0.1) is 5.92 Å². The molecule has 1 atom stereocenters. The van der Waals surface area contributed by atoms with Gasteiger partial charge in [-0.05, 0) is 18.1 Å². The van der Waals surface area contributed by atoms with Crippen LogP contribution < -0.4 is 0 Å². The minimum absolute atomic E-state index is 0.307. The van der Waals surface area contributed by atoms with E-state index in [-0.39, 0.29) is 5.92 Å². The van der Waals surface area contributed by atoms with E-state index in [2.05, 4.69) is 4.98 Å². The maximum absolute atomic E-state index is 11.0. The zero-order valence-electron chi connectivity index (χ0n) is 9.84. The van der Waals surface area contributed by atoms with Crippen molar-refractivity contribution in [3.05, 3.63) is 53.7 Å². The summed E-state index contributed by atoms with van der Waals surface area (Å²) in [5.41, 5.74) is 3.99. The number of carbonyl (C=O) groups is 1. The molecule has 3 rings (SSSR count). The van der Waals surface area contributed by atoms with Gasteiger partial charge in [0, 0.05) is 17.7 Å². The van der Waals surface area contributed by atoms with Gasteiger partial charge in [0.25, 0.3) is 0 Å². The third-order valence-corrected chi connectivity index (χ3v) is 3.39. The number of aromatic nitrogens is 1. The number of fused-ring (bicyclic) bond motifs is 1. The van der Waals surface area contributed by atoms with Crippen LogP contribution in [0.3, 0.4) is 0 Å². The normalized spacial score (nSPS) is 17.4. The van der Waals surface area contributed by atoms with Crippen LogP contribution in [0.2, 0.25) is 0 Å². The number of rotatable bonds is 2. The highest BCUT2D eigenvalue weighted by molar-refractivity contribution is 5.72. The monoisotopic (exact) mass is 239 g/mol. The maximum atomic E-state index is 11.0. The lowest BCUT2D eigenvalue weighted by atomic mass is 10.1. The third-order valence-electron chi connectivity index (χ3n) is 3.39. The van der Waals surface area contributed by atoms with E-state index in [1.54, 1.807) is 0 Å². The van der Waals surface area contributed by atoms with E-state index in [4.69, 9.17) is 5.11 Å². The quantitative estimate of drug-likeness (QED) is 0.876. The Kier molecular flexibility index (Phi) is 2.59. The standard InChI is InChI=1S/C15H13NO2/c17-15(18)12-8-11-6-7-13(16-14(11)9-12)10-4-2-1-3-5-10/h1-7,12H,8-9H2,(H,17,18). The van der Waals surface area contributed by atoms with Crippen molar-refractivity contribution >= 4 is 5.97 Å². The molecular weight excluding hydrogens is 226 g/mol. The van der Waals surface area contributed by atoms with Crippen LogP contribution in [0.1, 0.15) is 11.3 Å². The molecule has 2 aromatic rings. The van der Waals surface area contributed by atoms with E-state index in [1.165, 1.54) is 0 Å². The maximum Gasteiger partial charge on any atom is 0.307 e. The molecule has 1 N–H and O–H groups in total. The first-order valence-electron chi connectivity index (χ1n) is 6.01. The summed E-state index contributed by atoms with van der Waals surface area (Å²) in [5.74, 6) is -1.03. The smallest absolute Gasteiger partial charge is 0.307 e. The Morgan fingerprint density at radius 1 is 1.11 bits per heavy atom. The molecule has 0 radical (unpaired) electrons. The van der Waals surface area contributed by atoms with E-state index in [1.807, 2.05) is 42.5 Å². The highest BCUT2D eigenvalue weighted by Gasteiger charge is 2.28. The summed E-state index contributed by atoms with van der Waals surface area (Å²) in [5, 5.41) is 9.04. The van der Waals surface area contributed by atoms with Gasteiger partial charge in [-0.2, -0.15) is 0 Å². The molecule has 1 aliphatic rings. The molecular formula is C15H13NO2. The second-order valence-corrected chi connectivity index (χ2v) is 4.61. The topological polar surface area (TPSA) is 50.2 Å². The second kappa shape index (κ2) is 4.26. The second-order valence-electron chi connectivity index (χ2n) is 4.61. The Balaban J connectivity index is 1.95. The third kappa shape index (κ3) is 1.88. The molecule has 3 nitrogen and oxygen atoms in total. The molecule has 0 saturated carbocycles. The molecule has 1 aromatic carbocycles. The molecule has 1 aromatic heterocycles. The van der Waals surface area contributed by atoms with Gasteiger partial charge in [-0.1, -0.05) is 36.4 Å². The van der Waals surface area contributed by atoms with Gasteiger partial charge < -0.3 is 5.11 Å². The molecule has 0 fully saturated rings. The average Bonchev–Trinajstić information content (AvgIpc) is 2.82. The van der Waals surface area contributed by atoms with Gasteiger partial charge in [0.1, 0.15) is 0 Å². The summed E-state index contributed by atoms with van der Waals surface area (Å²) >= 11 is 0. The lowest BCUT2D eigenvalue weighted by Gasteiger charge is -2.03. The Bertz CT molecular complexity index is 593. The van der Waals surface area contributed by atoms with Crippen LogP contribution in [0.4, 0.5) is 0 Å². The fraction of sp³-hybridized carbons (Fsp3) is 0.200. The molecule has 0 amide bonds. The number of carboxylic acid groups (broad SMARTS) is 1. The number of aliphatic carboxylic acids is 1. The van der Waals surface area contributed by atoms with Gasteiger partial charge in [-0.15, -0.1) is 0 Å². The highest BCUT2D eigenvalue weighted by Crippen LogP contribution is 2.28. The summed E-state index contributed by atoms with van der Waals surface area (Å²) in [4.78, 5) is 15.6. The van der Waals surface area contributed by atoms with Gasteiger partial charge in [-0.3, -0.25) is 9.78 Å². The Morgan fingerprint density at radius 2 is 1.89 bits per heavy atom. The largest absolute Gasteiger partial charge is 0.481 e. The lowest BCUT2D eigenvalue weighted by Crippen LogP contribution is -2.13. The van der Waals surface area contributed by atoms with Crippen molar-refractivity contribution in [2.75, 3.05) is 0 Å².